The van der Waals surface area contributed by atoms with Gasteiger partial charge in [-0.3, -0.25) is 0 Å². The number of hydrogen-bond acceptors (Lipinski definition) is 3. The highest BCUT2D eigenvalue weighted by Crippen LogP contribution is 2.25. The lowest BCUT2D eigenvalue weighted by Gasteiger charge is -2.37. The number of rotatable bonds is 3. The second-order valence-electron chi connectivity index (χ2n) is 5.10. The Labute approximate surface area is 142 Å². The molecule has 0 aromatic heterocycles. The van der Waals surface area contributed by atoms with Crippen molar-refractivity contribution >= 4 is 45.6 Å². The number of sulfonamides is 1. The molecule has 1 aliphatic heterocycles. The Balaban J connectivity index is 0.00000220. The van der Waals surface area contributed by atoms with Gasteiger partial charge in [0.05, 0.1) is 15.8 Å². The first-order valence-corrected chi connectivity index (χ1v) is 8.84. The molecule has 120 valence electrons. The van der Waals surface area contributed by atoms with Gasteiger partial charge < -0.3 is 5.32 Å². The van der Waals surface area contributed by atoms with E-state index in [1.165, 1.54) is 0 Å². The molecule has 1 heterocycles. The predicted molar refractivity (Wildman–Crippen MR) is 90.0 cm³/mol. The number of benzene rings is 1. The summed E-state index contributed by atoms with van der Waals surface area (Å²) in [5.74, 6) is -0.0546. The summed E-state index contributed by atoms with van der Waals surface area (Å²) in [7, 11) is -3.36. The van der Waals surface area contributed by atoms with E-state index in [1.807, 2.05) is 13.8 Å². The first kappa shape index (κ1) is 19.0. The minimum absolute atomic E-state index is 0. The Morgan fingerprint density at radius 3 is 2.57 bits per heavy atom. The smallest absolute Gasteiger partial charge is 0.218 e. The molecule has 2 atom stereocenters. The van der Waals surface area contributed by atoms with Crippen LogP contribution in [-0.2, 0) is 15.8 Å². The van der Waals surface area contributed by atoms with Gasteiger partial charge in [0, 0.05) is 25.2 Å². The standard InChI is InChI=1S/C13H18Cl2N2O2S.ClH/c1-9-10(2)17(6-5-16-9)20(18,19)8-11-3-4-12(14)13(15)7-11;/h3-4,7,9-10,16H,5-6,8H2,1-2H3;1H. The van der Waals surface area contributed by atoms with Gasteiger partial charge in [0.1, 0.15) is 0 Å². The molecule has 21 heavy (non-hydrogen) atoms. The van der Waals surface area contributed by atoms with Crippen molar-refractivity contribution in [3.05, 3.63) is 33.8 Å². The lowest BCUT2D eigenvalue weighted by atomic mass is 10.1. The summed E-state index contributed by atoms with van der Waals surface area (Å²) in [6.07, 6.45) is 0. The maximum absolute atomic E-state index is 12.5. The number of halogens is 3. The summed E-state index contributed by atoms with van der Waals surface area (Å²) in [5, 5.41) is 4.07. The fraction of sp³-hybridized carbons (Fsp3) is 0.538. The molecule has 2 unspecified atom stereocenters. The summed E-state index contributed by atoms with van der Waals surface area (Å²) in [6.45, 7) is 5.08. The summed E-state index contributed by atoms with van der Waals surface area (Å²) < 4.78 is 26.6. The lowest BCUT2D eigenvalue weighted by molar-refractivity contribution is 0.232. The van der Waals surface area contributed by atoms with E-state index < -0.39 is 10.0 Å². The van der Waals surface area contributed by atoms with Crippen molar-refractivity contribution < 1.29 is 8.42 Å². The molecule has 0 bridgehead atoms. The van der Waals surface area contributed by atoms with Crippen LogP contribution in [0.3, 0.4) is 0 Å². The van der Waals surface area contributed by atoms with Gasteiger partial charge in [0.15, 0.2) is 0 Å². The molecular formula is C13H19Cl3N2O2S. The van der Waals surface area contributed by atoms with Gasteiger partial charge in [-0.1, -0.05) is 29.3 Å². The molecule has 1 aromatic rings. The quantitative estimate of drug-likeness (QED) is 0.886. The van der Waals surface area contributed by atoms with Crippen molar-refractivity contribution in [2.24, 2.45) is 0 Å². The lowest BCUT2D eigenvalue weighted by Crippen LogP contribution is -2.57. The van der Waals surface area contributed by atoms with E-state index in [0.717, 1.165) is 0 Å². The van der Waals surface area contributed by atoms with Crippen LogP contribution >= 0.6 is 35.6 Å². The molecule has 1 aliphatic rings. The second-order valence-corrected chi connectivity index (χ2v) is 7.83. The van der Waals surface area contributed by atoms with E-state index in [4.69, 9.17) is 23.2 Å². The molecule has 0 spiro atoms. The van der Waals surface area contributed by atoms with E-state index in [2.05, 4.69) is 5.32 Å². The highest BCUT2D eigenvalue weighted by molar-refractivity contribution is 7.88. The van der Waals surface area contributed by atoms with E-state index in [1.54, 1.807) is 22.5 Å². The number of hydrogen-bond donors (Lipinski definition) is 1. The second kappa shape index (κ2) is 7.49. The van der Waals surface area contributed by atoms with E-state index in [0.29, 0.717) is 28.7 Å². The van der Waals surface area contributed by atoms with Gasteiger partial charge in [-0.25, -0.2) is 8.42 Å². The highest BCUT2D eigenvalue weighted by atomic mass is 35.5. The van der Waals surface area contributed by atoms with Crippen molar-refractivity contribution in [3.8, 4) is 0 Å². The first-order chi connectivity index (χ1) is 9.31. The molecule has 4 nitrogen and oxygen atoms in total. The molecule has 2 rings (SSSR count). The Morgan fingerprint density at radius 1 is 1.29 bits per heavy atom. The third-order valence-corrected chi connectivity index (χ3v) is 6.33. The molecule has 0 radical (unpaired) electrons. The van der Waals surface area contributed by atoms with Crippen LogP contribution in [-0.4, -0.2) is 37.9 Å². The fourth-order valence-corrected chi connectivity index (χ4v) is 4.49. The summed E-state index contributed by atoms with van der Waals surface area (Å²) in [5.41, 5.74) is 0.651. The predicted octanol–water partition coefficient (Wildman–Crippen LogP) is 2.93. The fourth-order valence-electron chi connectivity index (χ4n) is 2.34. The molecule has 1 aromatic carbocycles. The normalized spacial score (nSPS) is 23.6. The average Bonchev–Trinajstić information content (AvgIpc) is 2.36. The van der Waals surface area contributed by atoms with E-state index in [-0.39, 0.29) is 30.2 Å². The molecular weight excluding hydrogens is 355 g/mol. The SMILES string of the molecule is CC1NCCN(S(=O)(=O)Cc2ccc(Cl)c(Cl)c2)C1C.Cl. The number of piperazine rings is 1. The molecule has 1 fully saturated rings. The molecule has 0 saturated carbocycles. The summed E-state index contributed by atoms with van der Waals surface area (Å²) in [6, 6.07) is 5.02. The third kappa shape index (κ3) is 4.47. The Kier molecular flexibility index (Phi) is 6.78. The van der Waals surface area contributed by atoms with Crippen molar-refractivity contribution in [2.75, 3.05) is 13.1 Å². The van der Waals surface area contributed by atoms with Gasteiger partial charge >= 0.3 is 0 Å². The van der Waals surface area contributed by atoms with Crippen molar-refractivity contribution in [2.45, 2.75) is 31.7 Å². The van der Waals surface area contributed by atoms with Crippen LogP contribution in [0, 0.1) is 0 Å². The van der Waals surface area contributed by atoms with Crippen molar-refractivity contribution in [1.82, 2.24) is 9.62 Å². The number of nitrogens with one attached hydrogen (secondary N) is 1. The maximum atomic E-state index is 12.5. The Morgan fingerprint density at radius 2 is 1.95 bits per heavy atom. The maximum Gasteiger partial charge on any atom is 0.218 e. The zero-order valence-electron chi connectivity index (χ0n) is 11.8. The monoisotopic (exact) mass is 372 g/mol. The summed E-state index contributed by atoms with van der Waals surface area (Å²) >= 11 is 11.8. The average molecular weight is 374 g/mol. The zero-order valence-corrected chi connectivity index (χ0v) is 15.0. The Hall–Kier alpha value is -0.0400. The van der Waals surface area contributed by atoms with Crippen LogP contribution in [0.25, 0.3) is 0 Å². The first-order valence-electron chi connectivity index (χ1n) is 6.48. The van der Waals surface area contributed by atoms with Crippen LogP contribution in [0.5, 0.6) is 0 Å². The van der Waals surface area contributed by atoms with Gasteiger partial charge in [-0.15, -0.1) is 12.4 Å². The van der Waals surface area contributed by atoms with Gasteiger partial charge in [0.2, 0.25) is 10.0 Å². The van der Waals surface area contributed by atoms with Crippen LogP contribution < -0.4 is 5.32 Å². The highest BCUT2D eigenvalue weighted by Gasteiger charge is 2.33. The van der Waals surface area contributed by atoms with Crippen molar-refractivity contribution in [1.29, 1.82) is 0 Å². The molecule has 1 N–H and O–H groups in total. The van der Waals surface area contributed by atoms with Crippen LogP contribution in [0.2, 0.25) is 10.0 Å². The molecule has 8 heteroatoms. The van der Waals surface area contributed by atoms with E-state index in [9.17, 15) is 8.42 Å². The van der Waals surface area contributed by atoms with Gasteiger partial charge in [-0.05, 0) is 31.5 Å². The number of nitrogens with zero attached hydrogens (tertiary/aromatic N) is 1. The topological polar surface area (TPSA) is 49.4 Å². The molecule has 0 amide bonds. The molecule has 0 aliphatic carbocycles. The van der Waals surface area contributed by atoms with Gasteiger partial charge in [0.25, 0.3) is 0 Å². The van der Waals surface area contributed by atoms with Crippen LogP contribution in [0.1, 0.15) is 19.4 Å². The van der Waals surface area contributed by atoms with Gasteiger partial charge in [-0.2, -0.15) is 4.31 Å². The van der Waals surface area contributed by atoms with Crippen LogP contribution in [0.15, 0.2) is 18.2 Å². The Bertz CT molecular complexity index is 595. The van der Waals surface area contributed by atoms with E-state index >= 15 is 0 Å². The van der Waals surface area contributed by atoms with Crippen molar-refractivity contribution in [3.63, 3.8) is 0 Å². The zero-order chi connectivity index (χ0) is 14.9. The van der Waals surface area contributed by atoms with Crippen LogP contribution in [0.4, 0.5) is 0 Å². The minimum Gasteiger partial charge on any atom is -0.311 e. The minimum atomic E-state index is -3.36. The molecule has 1 saturated heterocycles. The third-order valence-electron chi connectivity index (χ3n) is 3.67. The summed E-state index contributed by atoms with van der Waals surface area (Å²) in [4.78, 5) is 0. The largest absolute Gasteiger partial charge is 0.311 e.